The fraction of sp³-hybridized carbons (Fsp3) is 0.368. The van der Waals surface area contributed by atoms with E-state index in [1.54, 1.807) is 0 Å². The maximum Gasteiger partial charge on any atom is 0.184 e. The summed E-state index contributed by atoms with van der Waals surface area (Å²) in [4.78, 5) is 21.5. The van der Waals surface area contributed by atoms with Crippen molar-refractivity contribution in [3.8, 4) is 0 Å². The summed E-state index contributed by atoms with van der Waals surface area (Å²) in [5.74, 6) is -0.190. The molecule has 0 amide bonds. The Hall–Kier alpha value is -2.27. The number of nitrogens with zero attached hydrogens (tertiary/aromatic N) is 4. The molecule has 0 N–H and O–H groups in total. The van der Waals surface area contributed by atoms with Gasteiger partial charge in [0, 0.05) is 17.6 Å². The summed E-state index contributed by atoms with van der Waals surface area (Å²) < 4.78 is 2.03. The fourth-order valence-electron chi connectivity index (χ4n) is 4.23. The molecule has 2 aliphatic carbocycles. The molecule has 25 heavy (non-hydrogen) atoms. The summed E-state index contributed by atoms with van der Waals surface area (Å²) in [6.45, 7) is 0. The van der Waals surface area contributed by atoms with Crippen LogP contribution < -0.4 is 0 Å². The minimum absolute atomic E-state index is 0.158. The standard InChI is InChI=1S/C19H17ClN4O/c20-12-5-6-14-11(7-12)8-16(25)17(14)18-15-9-24(13-3-1-2-4-13)23-19(15)22-10-21-18/h5-7,9-10,13,17H,1-4,8H2. The van der Waals surface area contributed by atoms with Gasteiger partial charge in [-0.15, -0.1) is 0 Å². The van der Waals surface area contributed by atoms with Crippen LogP contribution in [0.1, 0.15) is 54.5 Å². The number of Topliss-reactive ketones (excluding diaryl/α,β-unsaturated/α-hetero) is 1. The van der Waals surface area contributed by atoms with Gasteiger partial charge in [-0.05, 0) is 36.1 Å². The normalized spacial score (nSPS) is 20.5. The topological polar surface area (TPSA) is 60.7 Å². The van der Waals surface area contributed by atoms with Crippen molar-refractivity contribution in [2.75, 3.05) is 0 Å². The third-order valence-electron chi connectivity index (χ3n) is 5.44. The molecule has 0 radical (unpaired) electrons. The second kappa shape index (κ2) is 5.63. The molecule has 0 aliphatic heterocycles. The van der Waals surface area contributed by atoms with E-state index in [9.17, 15) is 4.79 Å². The van der Waals surface area contributed by atoms with Gasteiger partial charge in [0.25, 0.3) is 0 Å². The number of hydrogen-bond donors (Lipinski definition) is 0. The Morgan fingerprint density at radius 3 is 2.84 bits per heavy atom. The van der Waals surface area contributed by atoms with E-state index in [0.717, 1.165) is 35.0 Å². The summed E-state index contributed by atoms with van der Waals surface area (Å²) >= 11 is 6.09. The van der Waals surface area contributed by atoms with Crippen LogP contribution in [-0.4, -0.2) is 25.5 Å². The molecule has 3 aromatic rings. The first-order chi connectivity index (χ1) is 12.2. The summed E-state index contributed by atoms with van der Waals surface area (Å²) in [5, 5.41) is 6.20. The summed E-state index contributed by atoms with van der Waals surface area (Å²) in [6, 6.07) is 6.11. The van der Waals surface area contributed by atoms with E-state index in [0.29, 0.717) is 23.1 Å². The highest BCUT2D eigenvalue weighted by molar-refractivity contribution is 6.30. The number of hydrogen-bond acceptors (Lipinski definition) is 4. The highest BCUT2D eigenvalue weighted by Gasteiger charge is 2.35. The van der Waals surface area contributed by atoms with E-state index in [-0.39, 0.29) is 11.7 Å². The summed E-state index contributed by atoms with van der Waals surface area (Å²) in [7, 11) is 0. The van der Waals surface area contributed by atoms with Crippen molar-refractivity contribution in [2.45, 2.75) is 44.1 Å². The quantitative estimate of drug-likeness (QED) is 0.702. The fourth-order valence-corrected chi connectivity index (χ4v) is 4.43. The lowest BCUT2D eigenvalue weighted by Gasteiger charge is -2.10. The number of aromatic nitrogens is 4. The number of carbonyl (C=O) groups excluding carboxylic acids is 1. The number of rotatable bonds is 2. The van der Waals surface area contributed by atoms with Crippen LogP contribution in [0.4, 0.5) is 0 Å². The van der Waals surface area contributed by atoms with E-state index >= 15 is 0 Å². The first kappa shape index (κ1) is 15.0. The van der Waals surface area contributed by atoms with Crippen LogP contribution in [0.25, 0.3) is 11.0 Å². The number of ketones is 1. The van der Waals surface area contributed by atoms with E-state index in [4.69, 9.17) is 11.6 Å². The van der Waals surface area contributed by atoms with Crippen molar-refractivity contribution in [3.63, 3.8) is 0 Å². The number of fused-ring (bicyclic) bond motifs is 2. The molecule has 2 heterocycles. The minimum Gasteiger partial charge on any atom is -0.298 e. The zero-order valence-electron chi connectivity index (χ0n) is 13.7. The predicted octanol–water partition coefficient (Wildman–Crippen LogP) is 3.85. The summed E-state index contributed by atoms with van der Waals surface area (Å²) in [6.07, 6.45) is 8.75. The SMILES string of the molecule is O=C1Cc2cc(Cl)ccc2C1c1ncnc2nn(C3CCCC3)cc12. The molecular weight excluding hydrogens is 336 g/mol. The molecule has 1 aromatic carbocycles. The van der Waals surface area contributed by atoms with Gasteiger partial charge in [0.2, 0.25) is 0 Å². The van der Waals surface area contributed by atoms with Gasteiger partial charge in [-0.2, -0.15) is 5.10 Å². The zero-order chi connectivity index (χ0) is 17.0. The Kier molecular flexibility index (Phi) is 3.38. The van der Waals surface area contributed by atoms with E-state index in [1.165, 1.54) is 19.2 Å². The largest absolute Gasteiger partial charge is 0.298 e. The predicted molar refractivity (Wildman–Crippen MR) is 94.8 cm³/mol. The first-order valence-electron chi connectivity index (χ1n) is 8.71. The Labute approximate surface area is 150 Å². The zero-order valence-corrected chi connectivity index (χ0v) is 14.4. The average Bonchev–Trinajstić information content (AvgIpc) is 3.31. The van der Waals surface area contributed by atoms with Gasteiger partial charge in [-0.1, -0.05) is 30.5 Å². The van der Waals surface area contributed by atoms with Crippen molar-refractivity contribution in [1.29, 1.82) is 0 Å². The van der Waals surface area contributed by atoms with Crippen LogP contribution in [-0.2, 0) is 11.2 Å². The number of benzene rings is 1. The lowest BCUT2D eigenvalue weighted by molar-refractivity contribution is -0.118. The lowest BCUT2D eigenvalue weighted by Crippen LogP contribution is -2.10. The molecule has 1 atom stereocenters. The molecule has 0 spiro atoms. The Balaban J connectivity index is 1.65. The molecule has 2 aliphatic rings. The van der Waals surface area contributed by atoms with Crippen LogP contribution in [0.2, 0.25) is 5.02 Å². The van der Waals surface area contributed by atoms with Crippen molar-refractivity contribution >= 4 is 28.4 Å². The van der Waals surface area contributed by atoms with Gasteiger partial charge in [0.1, 0.15) is 6.33 Å². The van der Waals surface area contributed by atoms with Crippen LogP contribution >= 0.6 is 11.6 Å². The Morgan fingerprint density at radius 2 is 2.00 bits per heavy atom. The van der Waals surface area contributed by atoms with Crippen molar-refractivity contribution in [1.82, 2.24) is 19.7 Å². The Bertz CT molecular complexity index is 990. The maximum atomic E-state index is 12.7. The van der Waals surface area contributed by atoms with Gasteiger partial charge >= 0.3 is 0 Å². The monoisotopic (exact) mass is 352 g/mol. The van der Waals surface area contributed by atoms with E-state index < -0.39 is 0 Å². The highest BCUT2D eigenvalue weighted by atomic mass is 35.5. The van der Waals surface area contributed by atoms with Crippen LogP contribution in [0.5, 0.6) is 0 Å². The molecule has 0 saturated heterocycles. The highest BCUT2D eigenvalue weighted by Crippen LogP contribution is 2.39. The average molecular weight is 353 g/mol. The molecule has 1 unspecified atom stereocenters. The third kappa shape index (κ3) is 2.37. The smallest absolute Gasteiger partial charge is 0.184 e. The van der Waals surface area contributed by atoms with Crippen molar-refractivity contribution < 1.29 is 4.79 Å². The van der Waals surface area contributed by atoms with E-state index in [1.807, 2.05) is 29.1 Å². The van der Waals surface area contributed by atoms with Gasteiger partial charge < -0.3 is 0 Å². The first-order valence-corrected chi connectivity index (χ1v) is 9.09. The van der Waals surface area contributed by atoms with Crippen molar-refractivity contribution in [3.05, 3.63) is 52.6 Å². The molecule has 6 heteroatoms. The molecule has 1 fully saturated rings. The minimum atomic E-state index is -0.348. The second-order valence-corrected chi connectivity index (χ2v) is 7.40. The van der Waals surface area contributed by atoms with Gasteiger partial charge in [-0.25, -0.2) is 9.97 Å². The van der Waals surface area contributed by atoms with Crippen LogP contribution in [0.15, 0.2) is 30.7 Å². The molecule has 5 nitrogen and oxygen atoms in total. The van der Waals surface area contributed by atoms with Crippen LogP contribution in [0, 0.1) is 0 Å². The summed E-state index contributed by atoms with van der Waals surface area (Å²) in [5.41, 5.74) is 3.44. The number of halogens is 1. The molecule has 0 bridgehead atoms. The molecule has 1 saturated carbocycles. The molecule has 5 rings (SSSR count). The molecular formula is C19H17ClN4O. The molecule has 2 aromatic heterocycles. The molecule has 126 valence electrons. The van der Waals surface area contributed by atoms with E-state index in [2.05, 4.69) is 15.1 Å². The van der Waals surface area contributed by atoms with Gasteiger partial charge in [-0.3, -0.25) is 9.48 Å². The lowest BCUT2D eigenvalue weighted by atomic mass is 9.95. The second-order valence-electron chi connectivity index (χ2n) is 6.96. The Morgan fingerprint density at radius 1 is 1.16 bits per heavy atom. The third-order valence-corrected chi connectivity index (χ3v) is 5.68. The van der Waals surface area contributed by atoms with Crippen LogP contribution in [0.3, 0.4) is 0 Å². The van der Waals surface area contributed by atoms with Crippen molar-refractivity contribution in [2.24, 2.45) is 0 Å². The van der Waals surface area contributed by atoms with Gasteiger partial charge in [0.15, 0.2) is 11.4 Å². The van der Waals surface area contributed by atoms with Gasteiger partial charge in [0.05, 0.1) is 23.0 Å². The number of carbonyl (C=O) groups is 1. The maximum absolute atomic E-state index is 12.7.